The number of nitrogens with one attached hydrogen (secondary N) is 1. The zero-order valence-corrected chi connectivity index (χ0v) is 9.38. The van der Waals surface area contributed by atoms with E-state index in [9.17, 15) is 5.11 Å². The summed E-state index contributed by atoms with van der Waals surface area (Å²) in [6.07, 6.45) is -0.590. The van der Waals surface area contributed by atoms with E-state index in [1.165, 1.54) is 7.11 Å². The molecule has 2 rings (SSSR count). The summed E-state index contributed by atoms with van der Waals surface area (Å²) in [4.78, 5) is 0. The Bertz CT molecular complexity index is 499. The zero-order valence-electron chi connectivity index (χ0n) is 9.38. The highest BCUT2D eigenvalue weighted by Gasteiger charge is 2.11. The highest BCUT2D eigenvalue weighted by molar-refractivity contribution is 5.94. The van der Waals surface area contributed by atoms with Crippen LogP contribution in [0, 0.1) is 0 Å². The Balaban J connectivity index is 2.13. The maximum Gasteiger partial charge on any atom is 0.160 e. The van der Waals surface area contributed by atoms with Crippen molar-refractivity contribution in [3.8, 4) is 0 Å². The Kier molecular flexibility index (Phi) is 3.40. The van der Waals surface area contributed by atoms with Gasteiger partial charge in [-0.05, 0) is 22.4 Å². The van der Waals surface area contributed by atoms with Crippen molar-refractivity contribution in [1.82, 2.24) is 10.3 Å². The van der Waals surface area contributed by atoms with E-state index in [1.54, 1.807) is 12.1 Å². The third-order valence-electron chi connectivity index (χ3n) is 2.33. The molecule has 2 aromatic rings. The molecule has 0 bridgehead atoms. The van der Waals surface area contributed by atoms with Crippen molar-refractivity contribution in [2.75, 3.05) is 31.3 Å². The number of fused-ring (bicyclic) bond motifs is 1. The number of nitrogens with two attached hydrogens (primary N) is 1. The second-order valence-corrected chi connectivity index (χ2v) is 3.65. The molecule has 4 N–H and O–H groups in total. The predicted molar refractivity (Wildman–Crippen MR) is 62.6 cm³/mol. The minimum Gasteiger partial charge on any atom is -0.397 e. The van der Waals surface area contributed by atoms with Gasteiger partial charge in [0.05, 0.1) is 24.1 Å². The molecule has 0 amide bonds. The predicted octanol–water partition coefficient (Wildman–Crippen LogP) is 0.224. The topological polar surface area (TPSA) is 106 Å². The van der Waals surface area contributed by atoms with E-state index in [1.807, 2.05) is 0 Å². The van der Waals surface area contributed by atoms with Gasteiger partial charge in [-0.1, -0.05) is 0 Å². The lowest BCUT2D eigenvalue weighted by Gasteiger charge is -2.11. The molecule has 7 nitrogen and oxygen atoms in total. The third-order valence-corrected chi connectivity index (χ3v) is 2.33. The van der Waals surface area contributed by atoms with Gasteiger partial charge in [-0.2, -0.15) is 0 Å². The van der Waals surface area contributed by atoms with Crippen LogP contribution in [0.2, 0.25) is 0 Å². The Morgan fingerprint density at radius 2 is 2.24 bits per heavy atom. The minimum atomic E-state index is -0.590. The van der Waals surface area contributed by atoms with Crippen molar-refractivity contribution < 1.29 is 14.5 Å². The van der Waals surface area contributed by atoms with Crippen molar-refractivity contribution in [3.05, 3.63) is 12.1 Å². The first kappa shape index (κ1) is 11.6. The molecule has 1 heterocycles. The Labute approximate surface area is 97.5 Å². The molecule has 0 saturated carbocycles. The second kappa shape index (κ2) is 4.98. The van der Waals surface area contributed by atoms with Crippen LogP contribution >= 0.6 is 0 Å². The first-order valence-electron chi connectivity index (χ1n) is 5.14. The van der Waals surface area contributed by atoms with Crippen molar-refractivity contribution in [2.45, 2.75) is 6.10 Å². The molecule has 17 heavy (non-hydrogen) atoms. The van der Waals surface area contributed by atoms with Crippen molar-refractivity contribution >= 4 is 22.4 Å². The van der Waals surface area contributed by atoms with E-state index in [4.69, 9.17) is 10.5 Å². The first-order chi connectivity index (χ1) is 8.22. The van der Waals surface area contributed by atoms with Gasteiger partial charge in [0.1, 0.15) is 0 Å². The van der Waals surface area contributed by atoms with Crippen LogP contribution in [0.25, 0.3) is 11.0 Å². The van der Waals surface area contributed by atoms with E-state index in [0.717, 1.165) is 0 Å². The average Bonchev–Trinajstić information content (AvgIpc) is 2.78. The monoisotopic (exact) mass is 238 g/mol. The summed E-state index contributed by atoms with van der Waals surface area (Å²) in [5.74, 6) is 0. The van der Waals surface area contributed by atoms with Gasteiger partial charge in [0, 0.05) is 13.7 Å². The van der Waals surface area contributed by atoms with E-state index in [-0.39, 0.29) is 6.61 Å². The largest absolute Gasteiger partial charge is 0.397 e. The molecular weight excluding hydrogens is 224 g/mol. The van der Waals surface area contributed by atoms with Crippen LogP contribution in [-0.4, -0.2) is 41.8 Å². The Morgan fingerprint density at radius 1 is 1.47 bits per heavy atom. The number of aliphatic hydroxyl groups is 1. The number of hydrogen-bond donors (Lipinski definition) is 3. The van der Waals surface area contributed by atoms with Gasteiger partial charge in [-0.25, -0.2) is 4.63 Å². The van der Waals surface area contributed by atoms with Gasteiger partial charge in [-0.15, -0.1) is 0 Å². The standard InChI is InChI=1S/C10H14N4O3/c1-16-5-6(15)4-12-8-3-2-7(11)9-10(8)14-17-13-9/h2-3,6,12,15H,4-5,11H2,1H3. The highest BCUT2D eigenvalue weighted by atomic mass is 16.6. The van der Waals surface area contributed by atoms with Crippen LogP contribution in [0.15, 0.2) is 16.8 Å². The molecule has 0 aliphatic rings. The molecule has 1 unspecified atom stereocenters. The molecule has 1 aromatic heterocycles. The number of benzene rings is 1. The van der Waals surface area contributed by atoms with Gasteiger partial charge in [0.2, 0.25) is 0 Å². The number of anilines is 2. The Morgan fingerprint density at radius 3 is 3.00 bits per heavy atom. The zero-order chi connectivity index (χ0) is 12.3. The number of ether oxygens (including phenoxy) is 1. The van der Waals surface area contributed by atoms with Crippen LogP contribution in [-0.2, 0) is 4.74 Å². The van der Waals surface area contributed by atoms with Crippen molar-refractivity contribution in [3.63, 3.8) is 0 Å². The van der Waals surface area contributed by atoms with Crippen LogP contribution in [0.4, 0.5) is 11.4 Å². The molecule has 0 fully saturated rings. The number of aliphatic hydroxyl groups excluding tert-OH is 1. The Hall–Kier alpha value is -1.86. The molecule has 0 aliphatic heterocycles. The SMILES string of the molecule is COCC(O)CNc1ccc(N)c2nonc12. The summed E-state index contributed by atoms with van der Waals surface area (Å²) in [6.45, 7) is 0.613. The smallest absolute Gasteiger partial charge is 0.160 e. The number of nitrogen functional groups attached to an aromatic ring is 1. The van der Waals surface area contributed by atoms with E-state index in [2.05, 4.69) is 20.3 Å². The maximum atomic E-state index is 9.52. The van der Waals surface area contributed by atoms with Crippen LogP contribution in [0.3, 0.4) is 0 Å². The summed E-state index contributed by atoms with van der Waals surface area (Å²) < 4.78 is 9.46. The van der Waals surface area contributed by atoms with E-state index >= 15 is 0 Å². The summed E-state index contributed by atoms with van der Waals surface area (Å²) in [7, 11) is 1.53. The normalized spacial score (nSPS) is 12.8. The average molecular weight is 238 g/mol. The van der Waals surface area contributed by atoms with E-state index < -0.39 is 6.10 Å². The summed E-state index contributed by atoms with van der Waals surface area (Å²) in [6, 6.07) is 3.47. The van der Waals surface area contributed by atoms with Crippen LogP contribution in [0.5, 0.6) is 0 Å². The molecule has 0 aliphatic carbocycles. The van der Waals surface area contributed by atoms with Crippen molar-refractivity contribution in [2.24, 2.45) is 0 Å². The molecule has 1 atom stereocenters. The van der Waals surface area contributed by atoms with Crippen LogP contribution in [0.1, 0.15) is 0 Å². The number of hydrogen-bond acceptors (Lipinski definition) is 7. The summed E-state index contributed by atoms with van der Waals surface area (Å²) >= 11 is 0. The number of nitrogens with zero attached hydrogens (tertiary/aromatic N) is 2. The lowest BCUT2D eigenvalue weighted by Crippen LogP contribution is -2.24. The fourth-order valence-corrected chi connectivity index (χ4v) is 1.51. The van der Waals surface area contributed by atoms with Gasteiger partial charge >= 0.3 is 0 Å². The molecule has 0 spiro atoms. The molecular formula is C10H14N4O3. The summed E-state index contributed by atoms with van der Waals surface area (Å²) in [5, 5.41) is 20.0. The molecule has 0 radical (unpaired) electrons. The fraction of sp³-hybridized carbons (Fsp3) is 0.400. The van der Waals surface area contributed by atoms with Gasteiger partial charge in [0.25, 0.3) is 0 Å². The van der Waals surface area contributed by atoms with Crippen LogP contribution < -0.4 is 11.1 Å². The highest BCUT2D eigenvalue weighted by Crippen LogP contribution is 2.24. The van der Waals surface area contributed by atoms with Gasteiger partial charge in [0.15, 0.2) is 11.0 Å². The lowest BCUT2D eigenvalue weighted by atomic mass is 10.2. The van der Waals surface area contributed by atoms with Gasteiger partial charge in [-0.3, -0.25) is 0 Å². The van der Waals surface area contributed by atoms with E-state index in [0.29, 0.717) is 29.0 Å². The number of rotatable bonds is 5. The summed E-state index contributed by atoms with van der Waals surface area (Å²) in [5.41, 5.74) is 7.99. The second-order valence-electron chi connectivity index (χ2n) is 3.65. The molecule has 1 aromatic carbocycles. The maximum absolute atomic E-state index is 9.52. The molecule has 92 valence electrons. The van der Waals surface area contributed by atoms with Gasteiger partial charge < -0.3 is 20.9 Å². The fourth-order valence-electron chi connectivity index (χ4n) is 1.51. The lowest BCUT2D eigenvalue weighted by molar-refractivity contribution is 0.0728. The molecule has 0 saturated heterocycles. The minimum absolute atomic E-state index is 0.266. The first-order valence-corrected chi connectivity index (χ1v) is 5.14. The number of aromatic nitrogens is 2. The quantitative estimate of drug-likeness (QED) is 0.640. The number of methoxy groups -OCH3 is 1. The third kappa shape index (κ3) is 2.45. The van der Waals surface area contributed by atoms with Crippen molar-refractivity contribution in [1.29, 1.82) is 0 Å². The molecule has 7 heteroatoms.